The van der Waals surface area contributed by atoms with E-state index >= 15 is 0 Å². The fourth-order valence-electron chi connectivity index (χ4n) is 3.63. The lowest BCUT2D eigenvalue weighted by atomic mass is 9.99. The van der Waals surface area contributed by atoms with Crippen molar-refractivity contribution in [3.05, 3.63) is 98.6 Å². The first kappa shape index (κ1) is 21.5. The van der Waals surface area contributed by atoms with Crippen LogP contribution in [0.15, 0.2) is 66.7 Å². The first-order chi connectivity index (χ1) is 15.3. The summed E-state index contributed by atoms with van der Waals surface area (Å²) in [5.74, 6) is -0.271. The van der Waals surface area contributed by atoms with E-state index in [4.69, 9.17) is 11.6 Å². The van der Waals surface area contributed by atoms with Crippen molar-refractivity contribution in [2.45, 2.75) is 6.54 Å². The Balaban J connectivity index is 1.80. The van der Waals surface area contributed by atoms with Gasteiger partial charge in [0.25, 0.3) is 11.6 Å². The molecule has 1 amide bonds. The van der Waals surface area contributed by atoms with Gasteiger partial charge in [-0.05, 0) is 61.6 Å². The number of nitro benzene ring substituents is 1. The van der Waals surface area contributed by atoms with Crippen LogP contribution in [0.5, 0.6) is 0 Å². The van der Waals surface area contributed by atoms with E-state index in [1.807, 2.05) is 38.4 Å². The smallest absolute Gasteiger partial charge is 0.269 e. The number of fused-ring (bicyclic) bond motifs is 1. The SMILES string of the molecule is CN(C)Cc1ccc(NC(=C2C(=O)Nc3cc(Cl)ccc32)c2ccc([N+](=O)[O-])cc2)cc1. The average Bonchev–Trinajstić information content (AvgIpc) is 3.07. The molecule has 1 heterocycles. The highest BCUT2D eigenvalue weighted by molar-refractivity contribution is 6.38. The van der Waals surface area contributed by atoms with Crippen molar-refractivity contribution >= 4 is 45.8 Å². The van der Waals surface area contributed by atoms with Crippen LogP contribution in [0.1, 0.15) is 16.7 Å². The number of amides is 1. The number of hydrogen-bond donors (Lipinski definition) is 2. The van der Waals surface area contributed by atoms with Gasteiger partial charge in [-0.15, -0.1) is 0 Å². The van der Waals surface area contributed by atoms with E-state index in [0.29, 0.717) is 33.1 Å². The van der Waals surface area contributed by atoms with Crippen molar-refractivity contribution in [3.63, 3.8) is 0 Å². The van der Waals surface area contributed by atoms with Gasteiger partial charge in [-0.25, -0.2) is 0 Å². The molecule has 0 saturated heterocycles. The highest BCUT2D eigenvalue weighted by Crippen LogP contribution is 2.39. The fourth-order valence-corrected chi connectivity index (χ4v) is 3.80. The van der Waals surface area contributed by atoms with Crippen LogP contribution in [0.25, 0.3) is 11.3 Å². The summed E-state index contributed by atoms with van der Waals surface area (Å²) < 4.78 is 0. The summed E-state index contributed by atoms with van der Waals surface area (Å²) in [6.07, 6.45) is 0. The lowest BCUT2D eigenvalue weighted by Crippen LogP contribution is -2.11. The highest BCUT2D eigenvalue weighted by atomic mass is 35.5. The monoisotopic (exact) mass is 448 g/mol. The molecule has 0 unspecified atom stereocenters. The van der Waals surface area contributed by atoms with E-state index < -0.39 is 4.92 Å². The number of carbonyl (C=O) groups excluding carboxylic acids is 1. The van der Waals surface area contributed by atoms with E-state index in [1.165, 1.54) is 12.1 Å². The van der Waals surface area contributed by atoms with E-state index in [-0.39, 0.29) is 11.6 Å². The summed E-state index contributed by atoms with van der Waals surface area (Å²) in [5.41, 5.74) is 4.92. The van der Waals surface area contributed by atoms with Crippen LogP contribution >= 0.6 is 11.6 Å². The molecule has 32 heavy (non-hydrogen) atoms. The Bertz CT molecular complexity index is 1220. The largest absolute Gasteiger partial charge is 0.354 e. The standard InChI is InChI=1S/C24H21ClN4O3/c1-28(2)14-15-3-8-18(9-4-15)26-23(16-5-10-19(11-6-16)29(31)32)22-20-12-7-17(25)13-21(20)27-24(22)30/h3-13,26H,14H2,1-2H3,(H,27,30). The summed E-state index contributed by atoms with van der Waals surface area (Å²) in [6.45, 7) is 0.813. The van der Waals surface area contributed by atoms with E-state index in [2.05, 4.69) is 15.5 Å². The molecule has 0 fully saturated rings. The number of rotatable bonds is 6. The van der Waals surface area contributed by atoms with Gasteiger partial charge in [-0.2, -0.15) is 0 Å². The van der Waals surface area contributed by atoms with Gasteiger partial charge in [0.1, 0.15) is 0 Å². The maximum atomic E-state index is 12.9. The molecular formula is C24H21ClN4O3. The van der Waals surface area contributed by atoms with Gasteiger partial charge in [0.15, 0.2) is 0 Å². The third kappa shape index (κ3) is 4.49. The number of halogens is 1. The zero-order valence-electron chi connectivity index (χ0n) is 17.6. The topological polar surface area (TPSA) is 87.5 Å². The predicted molar refractivity (Wildman–Crippen MR) is 127 cm³/mol. The fraction of sp³-hybridized carbons (Fsp3) is 0.125. The van der Waals surface area contributed by atoms with Crippen LogP contribution in [0.4, 0.5) is 17.1 Å². The lowest BCUT2D eigenvalue weighted by Gasteiger charge is -2.16. The minimum atomic E-state index is -0.451. The molecule has 0 radical (unpaired) electrons. The first-order valence-electron chi connectivity index (χ1n) is 9.93. The van der Waals surface area contributed by atoms with Gasteiger partial charge >= 0.3 is 0 Å². The van der Waals surface area contributed by atoms with Crippen LogP contribution < -0.4 is 10.6 Å². The summed E-state index contributed by atoms with van der Waals surface area (Å²) in [6, 6.07) is 19.3. The van der Waals surface area contributed by atoms with E-state index in [1.54, 1.807) is 30.3 Å². The normalized spacial score (nSPS) is 14.2. The second-order valence-electron chi connectivity index (χ2n) is 7.76. The molecule has 0 aliphatic carbocycles. The van der Waals surface area contributed by atoms with Crippen molar-refractivity contribution in [2.24, 2.45) is 0 Å². The number of nitrogens with one attached hydrogen (secondary N) is 2. The average molecular weight is 449 g/mol. The van der Waals surface area contributed by atoms with Gasteiger partial charge in [0.2, 0.25) is 0 Å². The van der Waals surface area contributed by atoms with Gasteiger partial charge in [0.05, 0.1) is 21.9 Å². The molecule has 0 aromatic heterocycles. The van der Waals surface area contributed by atoms with Crippen LogP contribution in [0.3, 0.4) is 0 Å². The van der Waals surface area contributed by atoms with Crippen molar-refractivity contribution < 1.29 is 9.72 Å². The van der Waals surface area contributed by atoms with E-state index in [9.17, 15) is 14.9 Å². The van der Waals surface area contributed by atoms with Gasteiger partial charge in [-0.3, -0.25) is 14.9 Å². The van der Waals surface area contributed by atoms with Crippen molar-refractivity contribution in [1.82, 2.24) is 4.90 Å². The zero-order valence-corrected chi connectivity index (χ0v) is 18.3. The summed E-state index contributed by atoms with van der Waals surface area (Å²) in [5, 5.41) is 17.8. The minimum Gasteiger partial charge on any atom is -0.354 e. The molecule has 3 aromatic rings. The molecule has 0 spiro atoms. The summed E-state index contributed by atoms with van der Waals surface area (Å²) in [7, 11) is 4.01. The number of nitrogens with zero attached hydrogens (tertiary/aromatic N) is 2. The molecule has 8 heteroatoms. The van der Waals surface area contributed by atoms with E-state index in [0.717, 1.165) is 17.8 Å². The Morgan fingerprint density at radius 3 is 2.38 bits per heavy atom. The molecular weight excluding hydrogens is 428 g/mol. The Morgan fingerprint density at radius 2 is 1.75 bits per heavy atom. The second kappa shape index (κ2) is 8.82. The van der Waals surface area contributed by atoms with Gasteiger partial charge < -0.3 is 15.5 Å². The molecule has 7 nitrogen and oxygen atoms in total. The number of anilines is 2. The maximum absolute atomic E-state index is 12.9. The predicted octanol–water partition coefficient (Wildman–Crippen LogP) is 5.24. The third-order valence-electron chi connectivity index (χ3n) is 5.07. The molecule has 3 aromatic carbocycles. The number of nitro groups is 1. The van der Waals surface area contributed by atoms with Crippen LogP contribution in [0.2, 0.25) is 5.02 Å². The van der Waals surface area contributed by atoms with Crippen LogP contribution in [-0.4, -0.2) is 29.8 Å². The quantitative estimate of drug-likeness (QED) is 0.306. The molecule has 0 atom stereocenters. The van der Waals surface area contributed by atoms with Crippen molar-refractivity contribution in [1.29, 1.82) is 0 Å². The Kier molecular flexibility index (Phi) is 5.94. The molecule has 162 valence electrons. The Labute approximate surface area is 190 Å². The Morgan fingerprint density at radius 1 is 1.06 bits per heavy atom. The second-order valence-corrected chi connectivity index (χ2v) is 8.19. The van der Waals surface area contributed by atoms with Gasteiger partial charge in [0, 0.05) is 35.0 Å². The number of non-ortho nitro benzene ring substituents is 1. The number of benzene rings is 3. The number of carbonyl (C=O) groups is 1. The minimum absolute atomic E-state index is 0.0193. The lowest BCUT2D eigenvalue weighted by molar-refractivity contribution is -0.384. The highest BCUT2D eigenvalue weighted by Gasteiger charge is 2.28. The number of hydrogen-bond acceptors (Lipinski definition) is 5. The zero-order chi connectivity index (χ0) is 22.8. The van der Waals surface area contributed by atoms with Crippen LogP contribution in [-0.2, 0) is 11.3 Å². The molecule has 0 saturated carbocycles. The molecule has 1 aliphatic rings. The Hall–Kier alpha value is -3.68. The maximum Gasteiger partial charge on any atom is 0.269 e. The molecule has 2 N–H and O–H groups in total. The molecule has 1 aliphatic heterocycles. The van der Waals surface area contributed by atoms with Crippen LogP contribution in [0, 0.1) is 10.1 Å². The molecule has 0 bridgehead atoms. The first-order valence-corrected chi connectivity index (χ1v) is 10.3. The molecule has 4 rings (SSSR count). The third-order valence-corrected chi connectivity index (χ3v) is 5.30. The summed E-state index contributed by atoms with van der Waals surface area (Å²) >= 11 is 6.09. The van der Waals surface area contributed by atoms with Gasteiger partial charge in [-0.1, -0.05) is 29.8 Å². The van der Waals surface area contributed by atoms with Crippen molar-refractivity contribution in [3.8, 4) is 0 Å². The van der Waals surface area contributed by atoms with Crippen molar-refractivity contribution in [2.75, 3.05) is 24.7 Å². The summed E-state index contributed by atoms with van der Waals surface area (Å²) in [4.78, 5) is 25.6.